The van der Waals surface area contributed by atoms with E-state index in [4.69, 9.17) is 4.74 Å². The van der Waals surface area contributed by atoms with Gasteiger partial charge in [0.2, 0.25) is 0 Å². The van der Waals surface area contributed by atoms with Crippen molar-refractivity contribution in [2.75, 3.05) is 11.5 Å². The van der Waals surface area contributed by atoms with Crippen molar-refractivity contribution < 1.29 is 19.1 Å². The van der Waals surface area contributed by atoms with Crippen LogP contribution in [0.25, 0.3) is 0 Å². The van der Waals surface area contributed by atoms with Crippen molar-refractivity contribution in [3.05, 3.63) is 59.4 Å². The Morgan fingerprint density at radius 2 is 1.77 bits per heavy atom. The first-order valence-electron chi connectivity index (χ1n) is 6.73. The Morgan fingerprint density at radius 1 is 1.09 bits per heavy atom. The smallest absolute Gasteiger partial charge is 0.338 e. The summed E-state index contributed by atoms with van der Waals surface area (Å²) in [6.07, 6.45) is 2.85. The molecule has 0 spiro atoms. The van der Waals surface area contributed by atoms with Gasteiger partial charge in [-0.2, -0.15) is 0 Å². The van der Waals surface area contributed by atoms with Crippen molar-refractivity contribution >= 4 is 23.5 Å². The number of ether oxygens (including phenoxy) is 1. The first-order valence-corrected chi connectivity index (χ1v) is 6.73. The lowest BCUT2D eigenvalue weighted by molar-refractivity contribution is 0.0526. The van der Waals surface area contributed by atoms with Crippen molar-refractivity contribution in [3.8, 4) is 0 Å². The average molecular weight is 296 g/mol. The fourth-order valence-electron chi connectivity index (χ4n) is 2.28. The molecule has 0 aliphatic carbocycles. The molecule has 6 heteroatoms. The number of rotatable bonds is 3. The van der Waals surface area contributed by atoms with Crippen molar-refractivity contribution in [2.45, 2.75) is 6.92 Å². The highest BCUT2D eigenvalue weighted by Gasteiger charge is 2.36. The van der Waals surface area contributed by atoms with E-state index in [0.717, 1.165) is 4.90 Å². The number of hydrogen-bond donors (Lipinski definition) is 0. The summed E-state index contributed by atoms with van der Waals surface area (Å²) in [4.78, 5) is 41.2. The minimum absolute atomic E-state index is 0.280. The highest BCUT2D eigenvalue weighted by molar-refractivity contribution is 6.34. The second-order valence-electron chi connectivity index (χ2n) is 4.63. The maximum absolute atomic E-state index is 12.3. The maximum Gasteiger partial charge on any atom is 0.338 e. The molecule has 0 fully saturated rings. The lowest BCUT2D eigenvalue weighted by Gasteiger charge is -2.14. The van der Waals surface area contributed by atoms with Gasteiger partial charge in [-0.25, -0.2) is 9.69 Å². The number of carbonyl (C=O) groups is 3. The van der Waals surface area contributed by atoms with Gasteiger partial charge in [0.15, 0.2) is 0 Å². The van der Waals surface area contributed by atoms with Crippen LogP contribution in [0.4, 0.5) is 5.69 Å². The second-order valence-corrected chi connectivity index (χ2v) is 4.63. The van der Waals surface area contributed by atoms with Crippen molar-refractivity contribution in [3.63, 3.8) is 0 Å². The predicted octanol–water partition coefficient (Wildman–Crippen LogP) is 2.06. The number of aromatic nitrogens is 1. The Bertz CT molecular complexity index is 733. The normalized spacial score (nSPS) is 13.2. The number of pyridine rings is 1. The van der Waals surface area contributed by atoms with Crippen molar-refractivity contribution in [1.29, 1.82) is 0 Å². The minimum Gasteiger partial charge on any atom is -0.462 e. The lowest BCUT2D eigenvalue weighted by Crippen LogP contribution is -2.29. The maximum atomic E-state index is 12.3. The topological polar surface area (TPSA) is 76.6 Å². The van der Waals surface area contributed by atoms with Crippen LogP contribution in [0.5, 0.6) is 0 Å². The molecule has 1 aromatic carbocycles. The second kappa shape index (κ2) is 5.40. The number of hydrogen-bond acceptors (Lipinski definition) is 5. The summed E-state index contributed by atoms with van der Waals surface area (Å²) in [6.45, 7) is 2.01. The highest BCUT2D eigenvalue weighted by Crippen LogP contribution is 2.27. The summed E-state index contributed by atoms with van der Waals surface area (Å²) in [5.41, 5.74) is 1.37. The number of nitrogens with zero attached hydrogens (tertiary/aromatic N) is 2. The third kappa shape index (κ3) is 2.14. The van der Waals surface area contributed by atoms with Crippen LogP contribution in [-0.4, -0.2) is 29.4 Å². The van der Waals surface area contributed by atoms with Gasteiger partial charge in [0.05, 0.1) is 29.0 Å². The molecule has 0 saturated heterocycles. The highest BCUT2D eigenvalue weighted by atomic mass is 16.5. The Labute approximate surface area is 126 Å². The first-order chi connectivity index (χ1) is 10.6. The van der Waals surface area contributed by atoms with Crippen molar-refractivity contribution in [2.24, 2.45) is 0 Å². The van der Waals surface area contributed by atoms with E-state index in [1.165, 1.54) is 30.6 Å². The Kier molecular flexibility index (Phi) is 3.42. The van der Waals surface area contributed by atoms with E-state index in [0.29, 0.717) is 16.8 Å². The van der Waals surface area contributed by atoms with Gasteiger partial charge in [-0.3, -0.25) is 14.6 Å². The molecule has 2 aromatic rings. The van der Waals surface area contributed by atoms with E-state index in [-0.39, 0.29) is 12.2 Å². The number of esters is 1. The number of amides is 2. The monoisotopic (exact) mass is 296 g/mol. The molecule has 110 valence electrons. The van der Waals surface area contributed by atoms with E-state index in [1.54, 1.807) is 19.1 Å². The third-order valence-electron chi connectivity index (χ3n) is 3.32. The number of anilines is 1. The van der Waals surface area contributed by atoms with E-state index in [9.17, 15) is 14.4 Å². The summed E-state index contributed by atoms with van der Waals surface area (Å²) in [5.74, 6) is -1.26. The molecule has 0 radical (unpaired) electrons. The van der Waals surface area contributed by atoms with Crippen molar-refractivity contribution in [1.82, 2.24) is 4.98 Å². The van der Waals surface area contributed by atoms with E-state index in [2.05, 4.69) is 4.98 Å². The van der Waals surface area contributed by atoms with Crippen LogP contribution in [0.1, 0.15) is 38.0 Å². The van der Waals surface area contributed by atoms with E-state index < -0.39 is 17.8 Å². The molecule has 0 unspecified atom stereocenters. The molecule has 1 aromatic heterocycles. The Balaban J connectivity index is 1.92. The fourth-order valence-corrected chi connectivity index (χ4v) is 2.28. The molecule has 0 bridgehead atoms. The third-order valence-corrected chi connectivity index (χ3v) is 3.32. The zero-order chi connectivity index (χ0) is 15.7. The van der Waals surface area contributed by atoms with Crippen LogP contribution in [0.3, 0.4) is 0 Å². The molecule has 1 aliphatic rings. The van der Waals surface area contributed by atoms with Gasteiger partial charge in [-0.15, -0.1) is 0 Å². The van der Waals surface area contributed by atoms with Gasteiger partial charge in [-0.05, 0) is 37.3 Å². The number of carbonyl (C=O) groups excluding carboxylic acids is 3. The molecule has 2 amide bonds. The minimum atomic E-state index is -0.444. The zero-order valence-electron chi connectivity index (χ0n) is 11.8. The van der Waals surface area contributed by atoms with Crippen LogP contribution < -0.4 is 4.90 Å². The van der Waals surface area contributed by atoms with Crippen LogP contribution in [0.15, 0.2) is 42.7 Å². The molecule has 22 heavy (non-hydrogen) atoms. The molecule has 0 atom stereocenters. The summed E-state index contributed by atoms with van der Waals surface area (Å²) in [7, 11) is 0. The van der Waals surface area contributed by atoms with E-state index in [1.807, 2.05) is 0 Å². The van der Waals surface area contributed by atoms with Crippen LogP contribution in [0.2, 0.25) is 0 Å². The Hall–Kier alpha value is -3.02. The van der Waals surface area contributed by atoms with Gasteiger partial charge in [0.25, 0.3) is 11.8 Å². The van der Waals surface area contributed by atoms with Crippen LogP contribution >= 0.6 is 0 Å². The van der Waals surface area contributed by atoms with Gasteiger partial charge in [-0.1, -0.05) is 0 Å². The molecule has 0 N–H and O–H groups in total. The van der Waals surface area contributed by atoms with Gasteiger partial charge in [0.1, 0.15) is 0 Å². The summed E-state index contributed by atoms with van der Waals surface area (Å²) >= 11 is 0. The van der Waals surface area contributed by atoms with E-state index >= 15 is 0 Å². The standard InChI is InChI=1S/C16H12N2O4/c1-2-22-16(21)10-3-5-11(6-4-10)18-14(19)12-7-8-17-9-13(12)15(18)20/h3-9H,2H2,1H3. The SMILES string of the molecule is CCOC(=O)c1ccc(N2C(=O)c3ccncc3C2=O)cc1. The average Bonchev–Trinajstić information content (AvgIpc) is 2.80. The molecule has 0 saturated carbocycles. The van der Waals surface area contributed by atoms with Gasteiger partial charge >= 0.3 is 5.97 Å². The number of fused-ring (bicyclic) bond motifs is 1. The van der Waals surface area contributed by atoms with Gasteiger partial charge < -0.3 is 4.74 Å². The Morgan fingerprint density at radius 3 is 2.41 bits per heavy atom. The molecule has 1 aliphatic heterocycles. The van der Waals surface area contributed by atoms with Crippen LogP contribution in [0, 0.1) is 0 Å². The summed E-state index contributed by atoms with van der Waals surface area (Å²) < 4.78 is 4.89. The number of benzene rings is 1. The molecular weight excluding hydrogens is 284 g/mol. The molecular formula is C16H12N2O4. The molecule has 2 heterocycles. The fraction of sp³-hybridized carbons (Fsp3) is 0.125. The molecule has 3 rings (SSSR count). The quantitative estimate of drug-likeness (QED) is 0.640. The molecule has 6 nitrogen and oxygen atoms in total. The first kappa shape index (κ1) is 13.9. The largest absolute Gasteiger partial charge is 0.462 e. The summed E-state index contributed by atoms with van der Waals surface area (Å²) in [5, 5.41) is 0. The zero-order valence-corrected chi connectivity index (χ0v) is 11.8. The lowest BCUT2D eigenvalue weighted by atomic mass is 10.2. The van der Waals surface area contributed by atoms with Gasteiger partial charge in [0, 0.05) is 12.4 Å². The summed E-state index contributed by atoms with van der Waals surface area (Å²) in [6, 6.07) is 7.65. The number of imide groups is 1. The predicted molar refractivity (Wildman–Crippen MR) is 77.8 cm³/mol. The van der Waals surface area contributed by atoms with Crippen LogP contribution in [-0.2, 0) is 4.74 Å².